The number of carbonyl (C=O) groups excluding carboxylic acids is 2. The molecule has 0 aliphatic rings. The fourth-order valence-electron chi connectivity index (χ4n) is 1.61. The number of aliphatic carboxylic acids is 1. The topological polar surface area (TPSA) is 78.0 Å². The Kier molecular flexibility index (Phi) is 6.35. The molecule has 0 unspecified atom stereocenters. The van der Waals surface area contributed by atoms with Gasteiger partial charge in [-0.15, -0.1) is 0 Å². The lowest BCUT2D eigenvalue weighted by molar-refractivity contribution is -0.696. The molecule has 1 aromatic heterocycles. The van der Waals surface area contributed by atoms with Crippen LogP contribution >= 0.6 is 0 Å². The van der Waals surface area contributed by atoms with Crippen molar-refractivity contribution < 1.29 is 19.3 Å². The number of imidazole rings is 1. The molecule has 0 aliphatic heterocycles. The van der Waals surface area contributed by atoms with Gasteiger partial charge in [-0.3, -0.25) is 4.79 Å². The third-order valence-electron chi connectivity index (χ3n) is 2.53. The van der Waals surface area contributed by atoms with Crippen molar-refractivity contribution in [3.8, 4) is 0 Å². The maximum Gasteiger partial charge on any atom is 0.243 e. The fraction of sp³-hybridized carbons (Fsp3) is 0.462. The van der Waals surface area contributed by atoms with Gasteiger partial charge in [-0.2, -0.15) is 0 Å². The number of hydrogen-bond acceptors (Lipinski definition) is 3. The number of aryl methyl sites for hydroxylation is 2. The molecule has 1 heterocycles. The lowest BCUT2D eigenvalue weighted by Gasteiger charge is -2.00. The van der Waals surface area contributed by atoms with Gasteiger partial charge >= 0.3 is 0 Å². The van der Waals surface area contributed by atoms with E-state index >= 15 is 0 Å². The van der Waals surface area contributed by atoms with Gasteiger partial charge in [0.25, 0.3) is 0 Å². The Labute approximate surface area is 112 Å². The second-order valence-electron chi connectivity index (χ2n) is 4.16. The molecule has 1 N–H and O–H groups in total. The van der Waals surface area contributed by atoms with E-state index < -0.39 is 5.97 Å². The van der Waals surface area contributed by atoms with Crippen LogP contribution in [0.25, 0.3) is 0 Å². The average Bonchev–Trinajstić information content (AvgIpc) is 2.80. The summed E-state index contributed by atoms with van der Waals surface area (Å²) >= 11 is 0. The van der Waals surface area contributed by atoms with Crippen LogP contribution in [0.3, 0.4) is 0 Å². The molecule has 0 atom stereocenters. The molecular formula is C13H19N3O3. The second-order valence-corrected chi connectivity index (χ2v) is 4.16. The largest absolute Gasteiger partial charge is 0.550 e. The molecule has 0 bridgehead atoms. The zero-order chi connectivity index (χ0) is 14.1. The minimum Gasteiger partial charge on any atom is -0.550 e. The lowest BCUT2D eigenvalue weighted by Crippen LogP contribution is -2.34. The van der Waals surface area contributed by atoms with Gasteiger partial charge in [-0.25, -0.2) is 9.13 Å². The zero-order valence-electron chi connectivity index (χ0n) is 11.0. The molecule has 0 aromatic carbocycles. The van der Waals surface area contributed by atoms with Crippen LogP contribution < -0.4 is 15.0 Å². The molecule has 6 heteroatoms. The predicted octanol–water partition coefficient (Wildman–Crippen LogP) is -1.00. The first kappa shape index (κ1) is 14.9. The Balaban J connectivity index is 2.23. The minimum absolute atomic E-state index is 0.00803. The van der Waals surface area contributed by atoms with E-state index in [0.29, 0.717) is 13.1 Å². The van der Waals surface area contributed by atoms with E-state index in [0.717, 1.165) is 13.0 Å². The standard InChI is InChI=1S/C13H19N3O3/c1-2-4-12(17)14-6-3-7-15-9-10-16(11-15)8-5-13(18)19/h2,4,9-11H,3,5-8H2,1H3,(H-,14,17,18,19). The van der Waals surface area contributed by atoms with Crippen molar-refractivity contribution in [2.24, 2.45) is 0 Å². The summed E-state index contributed by atoms with van der Waals surface area (Å²) in [7, 11) is 0. The van der Waals surface area contributed by atoms with Gasteiger partial charge in [0, 0.05) is 25.4 Å². The van der Waals surface area contributed by atoms with E-state index in [2.05, 4.69) is 5.32 Å². The molecule has 0 radical (unpaired) electrons. The molecule has 1 aromatic rings. The normalized spacial score (nSPS) is 10.8. The molecule has 0 aliphatic carbocycles. The molecule has 1 rings (SSSR count). The van der Waals surface area contributed by atoms with E-state index in [1.54, 1.807) is 17.6 Å². The number of aromatic nitrogens is 2. The molecule has 19 heavy (non-hydrogen) atoms. The summed E-state index contributed by atoms with van der Waals surface area (Å²) in [5.74, 6) is -1.13. The van der Waals surface area contributed by atoms with Crippen LogP contribution in [0, 0.1) is 0 Å². The summed E-state index contributed by atoms with van der Waals surface area (Å²) in [4.78, 5) is 21.5. The van der Waals surface area contributed by atoms with Crippen LogP contribution in [-0.2, 0) is 22.7 Å². The highest BCUT2D eigenvalue weighted by Crippen LogP contribution is 1.89. The quantitative estimate of drug-likeness (QED) is 0.372. The van der Waals surface area contributed by atoms with Crippen molar-refractivity contribution in [1.82, 2.24) is 9.88 Å². The summed E-state index contributed by atoms with van der Waals surface area (Å²) < 4.78 is 3.76. The van der Waals surface area contributed by atoms with Gasteiger partial charge in [0.05, 0.1) is 13.1 Å². The Hall–Kier alpha value is -2.11. The highest BCUT2D eigenvalue weighted by molar-refractivity contribution is 5.87. The Morgan fingerprint density at radius 1 is 1.47 bits per heavy atom. The van der Waals surface area contributed by atoms with Crippen molar-refractivity contribution in [1.29, 1.82) is 0 Å². The zero-order valence-corrected chi connectivity index (χ0v) is 11.0. The summed E-state index contributed by atoms with van der Waals surface area (Å²) in [6, 6.07) is 0. The first-order valence-electron chi connectivity index (χ1n) is 6.27. The Morgan fingerprint density at radius 2 is 2.26 bits per heavy atom. The molecule has 0 fully saturated rings. The first-order chi connectivity index (χ1) is 9.11. The number of carbonyl (C=O) groups is 2. The van der Waals surface area contributed by atoms with Gasteiger partial charge in [0.15, 0.2) is 0 Å². The number of allylic oxidation sites excluding steroid dienone is 1. The van der Waals surface area contributed by atoms with Crippen molar-refractivity contribution >= 4 is 11.9 Å². The number of amides is 1. The number of rotatable bonds is 8. The van der Waals surface area contributed by atoms with E-state index in [1.807, 2.05) is 23.3 Å². The van der Waals surface area contributed by atoms with Crippen molar-refractivity contribution in [2.45, 2.75) is 32.9 Å². The summed E-state index contributed by atoms with van der Waals surface area (Å²) in [6.45, 7) is 3.59. The van der Waals surface area contributed by atoms with E-state index in [1.165, 1.54) is 6.08 Å². The van der Waals surface area contributed by atoms with Gasteiger partial charge in [-0.05, 0) is 13.0 Å². The highest BCUT2D eigenvalue weighted by Gasteiger charge is 2.03. The molecule has 0 saturated carbocycles. The van der Waals surface area contributed by atoms with E-state index in [-0.39, 0.29) is 12.3 Å². The van der Waals surface area contributed by atoms with Crippen molar-refractivity contribution in [2.75, 3.05) is 6.54 Å². The van der Waals surface area contributed by atoms with Crippen LogP contribution in [0.1, 0.15) is 19.8 Å². The predicted molar refractivity (Wildman–Crippen MR) is 66.7 cm³/mol. The maximum atomic E-state index is 11.1. The van der Waals surface area contributed by atoms with E-state index in [9.17, 15) is 14.7 Å². The van der Waals surface area contributed by atoms with Crippen LogP contribution in [0.2, 0.25) is 0 Å². The van der Waals surface area contributed by atoms with Crippen LogP contribution in [0.5, 0.6) is 0 Å². The molecular weight excluding hydrogens is 246 g/mol. The Morgan fingerprint density at radius 3 is 2.95 bits per heavy atom. The minimum atomic E-state index is -1.05. The van der Waals surface area contributed by atoms with Gasteiger partial charge in [0.1, 0.15) is 12.4 Å². The number of nitrogens with one attached hydrogen (secondary N) is 1. The van der Waals surface area contributed by atoms with E-state index in [4.69, 9.17) is 0 Å². The molecule has 0 spiro atoms. The van der Waals surface area contributed by atoms with Gasteiger partial charge < -0.3 is 15.2 Å². The maximum absolute atomic E-state index is 11.1. The number of hydrogen-bond donors (Lipinski definition) is 1. The third-order valence-corrected chi connectivity index (χ3v) is 2.53. The van der Waals surface area contributed by atoms with Gasteiger partial charge in [-0.1, -0.05) is 6.08 Å². The van der Waals surface area contributed by atoms with Gasteiger partial charge in [0.2, 0.25) is 12.2 Å². The summed E-state index contributed by atoms with van der Waals surface area (Å²) in [5, 5.41) is 13.1. The van der Waals surface area contributed by atoms with Crippen LogP contribution in [0.4, 0.5) is 0 Å². The summed E-state index contributed by atoms with van der Waals surface area (Å²) in [6.07, 6.45) is 9.55. The number of carboxylic acids is 1. The molecule has 0 saturated heterocycles. The smallest absolute Gasteiger partial charge is 0.243 e. The average molecular weight is 265 g/mol. The molecule has 6 nitrogen and oxygen atoms in total. The fourth-order valence-corrected chi connectivity index (χ4v) is 1.61. The summed E-state index contributed by atoms with van der Waals surface area (Å²) in [5.41, 5.74) is 0. The SMILES string of the molecule is CC=CC(=O)NCCC[n+]1ccn(CCC(=O)[O-])c1. The number of carboxylic acid groups (broad SMARTS) is 1. The second kappa shape index (κ2) is 8.07. The molecule has 1 amide bonds. The Bertz CT molecular complexity index is 452. The molecule has 104 valence electrons. The monoisotopic (exact) mass is 265 g/mol. The first-order valence-corrected chi connectivity index (χ1v) is 6.27. The van der Waals surface area contributed by atoms with Crippen molar-refractivity contribution in [3.63, 3.8) is 0 Å². The van der Waals surface area contributed by atoms with Crippen LogP contribution in [0.15, 0.2) is 30.9 Å². The highest BCUT2D eigenvalue weighted by atomic mass is 16.4. The lowest BCUT2D eigenvalue weighted by atomic mass is 10.4. The number of nitrogens with zero attached hydrogens (tertiary/aromatic N) is 2. The third kappa shape index (κ3) is 6.40. The van der Waals surface area contributed by atoms with Crippen LogP contribution in [-0.4, -0.2) is 23.0 Å². The van der Waals surface area contributed by atoms with Crippen molar-refractivity contribution in [3.05, 3.63) is 30.9 Å².